The van der Waals surface area contributed by atoms with Gasteiger partial charge in [0.25, 0.3) is 10.0 Å². The number of nitrogens with one attached hydrogen (secondary N) is 2. The molecule has 0 saturated heterocycles. The molecule has 0 aliphatic carbocycles. The Morgan fingerprint density at radius 3 is 2.50 bits per heavy atom. The highest BCUT2D eigenvalue weighted by atomic mass is 32.2. The number of nitrogens with two attached hydrogens (primary N) is 1. The molecule has 96 valence electrons. The van der Waals surface area contributed by atoms with E-state index in [4.69, 9.17) is 5.73 Å². The number of anilines is 1. The highest BCUT2D eigenvalue weighted by Gasteiger charge is 2.19. The van der Waals surface area contributed by atoms with Crippen LogP contribution in [0.3, 0.4) is 0 Å². The Hall–Kier alpha value is -1.86. The summed E-state index contributed by atoms with van der Waals surface area (Å²) in [6, 6.07) is 8.09. The van der Waals surface area contributed by atoms with Crippen molar-refractivity contribution in [2.24, 2.45) is 0 Å². The number of nitrogens with zero attached hydrogens (tertiary/aromatic N) is 1. The molecule has 0 saturated carbocycles. The lowest BCUT2D eigenvalue weighted by Crippen LogP contribution is -2.27. The van der Waals surface area contributed by atoms with Crippen LogP contribution in [-0.2, 0) is 10.0 Å². The molecule has 0 radical (unpaired) electrons. The van der Waals surface area contributed by atoms with Gasteiger partial charge in [0.05, 0.1) is 6.20 Å². The molecule has 4 N–H and O–H groups in total. The number of aromatic nitrogens is 2. The zero-order chi connectivity index (χ0) is 13.2. The van der Waals surface area contributed by atoms with Crippen LogP contribution in [0.5, 0.6) is 0 Å². The SMILES string of the molecule is CC(NS(=O)(=O)c1ccn[nH]1)c1ccc(N)cc1. The number of H-pyrrole nitrogens is 1. The van der Waals surface area contributed by atoms with Gasteiger partial charge in [0, 0.05) is 11.7 Å². The van der Waals surface area contributed by atoms with E-state index in [2.05, 4.69) is 14.9 Å². The van der Waals surface area contributed by atoms with Crippen LogP contribution >= 0.6 is 0 Å². The molecule has 6 nitrogen and oxygen atoms in total. The number of nitrogen functional groups attached to an aromatic ring is 1. The van der Waals surface area contributed by atoms with E-state index in [1.54, 1.807) is 31.2 Å². The van der Waals surface area contributed by atoms with Crippen molar-refractivity contribution < 1.29 is 8.42 Å². The van der Waals surface area contributed by atoms with E-state index >= 15 is 0 Å². The molecule has 2 rings (SSSR count). The standard InChI is InChI=1S/C11H14N4O2S/c1-8(9-2-4-10(12)5-3-9)15-18(16,17)11-6-7-13-14-11/h2-8,15H,12H2,1H3,(H,13,14). The first kappa shape index (κ1) is 12.6. The number of aromatic amines is 1. The van der Waals surface area contributed by atoms with Crippen LogP contribution in [0.15, 0.2) is 41.6 Å². The minimum Gasteiger partial charge on any atom is -0.399 e. The van der Waals surface area contributed by atoms with Gasteiger partial charge in [0.15, 0.2) is 5.03 Å². The lowest BCUT2D eigenvalue weighted by atomic mass is 10.1. The molecule has 0 spiro atoms. The molecule has 18 heavy (non-hydrogen) atoms. The number of rotatable bonds is 4. The smallest absolute Gasteiger partial charge is 0.258 e. The molecule has 1 atom stereocenters. The van der Waals surface area contributed by atoms with Gasteiger partial charge < -0.3 is 5.73 Å². The van der Waals surface area contributed by atoms with Crippen molar-refractivity contribution >= 4 is 15.7 Å². The third kappa shape index (κ3) is 2.69. The molecule has 1 unspecified atom stereocenters. The first-order chi connectivity index (χ1) is 8.49. The molecule has 0 aliphatic heterocycles. The van der Waals surface area contributed by atoms with Crippen LogP contribution in [0.4, 0.5) is 5.69 Å². The fourth-order valence-corrected chi connectivity index (χ4v) is 2.68. The third-order valence-corrected chi connectivity index (χ3v) is 4.00. The van der Waals surface area contributed by atoms with Crippen molar-refractivity contribution in [1.82, 2.24) is 14.9 Å². The van der Waals surface area contributed by atoms with Crippen molar-refractivity contribution in [3.05, 3.63) is 42.1 Å². The molecule has 2 aromatic rings. The summed E-state index contributed by atoms with van der Waals surface area (Å²) >= 11 is 0. The quantitative estimate of drug-likeness (QED) is 0.719. The second kappa shape index (κ2) is 4.79. The predicted molar refractivity (Wildman–Crippen MR) is 68.2 cm³/mol. The van der Waals surface area contributed by atoms with Gasteiger partial charge in [-0.1, -0.05) is 12.1 Å². The van der Waals surface area contributed by atoms with E-state index in [0.717, 1.165) is 5.56 Å². The number of hydrogen-bond donors (Lipinski definition) is 3. The van der Waals surface area contributed by atoms with Gasteiger partial charge >= 0.3 is 0 Å². The molecule has 1 aromatic carbocycles. The third-order valence-electron chi connectivity index (χ3n) is 2.53. The van der Waals surface area contributed by atoms with Crippen LogP contribution < -0.4 is 10.5 Å². The van der Waals surface area contributed by atoms with Crippen molar-refractivity contribution in [3.63, 3.8) is 0 Å². The second-order valence-corrected chi connectivity index (χ2v) is 5.61. The number of hydrogen-bond acceptors (Lipinski definition) is 4. The minimum absolute atomic E-state index is 0.0461. The normalized spacial score (nSPS) is 13.4. The summed E-state index contributed by atoms with van der Waals surface area (Å²) in [4.78, 5) is 0. The summed E-state index contributed by atoms with van der Waals surface area (Å²) in [7, 11) is -3.57. The van der Waals surface area contributed by atoms with Crippen LogP contribution in [-0.4, -0.2) is 18.6 Å². The Balaban J connectivity index is 2.17. The van der Waals surface area contributed by atoms with Gasteiger partial charge in [-0.15, -0.1) is 0 Å². The van der Waals surface area contributed by atoms with Gasteiger partial charge in [-0.2, -0.15) is 5.10 Å². The monoisotopic (exact) mass is 266 g/mol. The summed E-state index contributed by atoms with van der Waals surface area (Å²) in [5, 5.41) is 6.09. The lowest BCUT2D eigenvalue weighted by Gasteiger charge is -2.13. The summed E-state index contributed by atoms with van der Waals surface area (Å²) in [6.45, 7) is 1.76. The molecule has 7 heteroatoms. The van der Waals surface area contributed by atoms with Gasteiger partial charge in [0.2, 0.25) is 0 Å². The predicted octanol–water partition coefficient (Wildman–Crippen LogP) is 1.03. The zero-order valence-corrected chi connectivity index (χ0v) is 10.6. The Kier molecular flexibility index (Phi) is 3.35. The summed E-state index contributed by atoms with van der Waals surface area (Å²) < 4.78 is 26.4. The molecule has 0 bridgehead atoms. The van der Waals surface area contributed by atoms with E-state index in [0.29, 0.717) is 5.69 Å². The molecule has 0 aliphatic rings. The maximum atomic E-state index is 11.9. The van der Waals surface area contributed by atoms with Crippen LogP contribution in [0.2, 0.25) is 0 Å². The fourth-order valence-electron chi connectivity index (χ4n) is 1.54. The first-order valence-electron chi connectivity index (χ1n) is 5.36. The average Bonchev–Trinajstić information content (AvgIpc) is 2.83. The van der Waals surface area contributed by atoms with E-state index < -0.39 is 10.0 Å². The van der Waals surface area contributed by atoms with Gasteiger partial charge in [-0.05, 0) is 30.7 Å². The number of sulfonamides is 1. The Morgan fingerprint density at radius 2 is 1.94 bits per heavy atom. The van der Waals surface area contributed by atoms with Gasteiger partial charge in [-0.25, -0.2) is 13.1 Å². The topological polar surface area (TPSA) is 101 Å². The zero-order valence-electron chi connectivity index (χ0n) is 9.79. The molecular weight excluding hydrogens is 252 g/mol. The lowest BCUT2D eigenvalue weighted by molar-refractivity contribution is 0.563. The largest absolute Gasteiger partial charge is 0.399 e. The maximum absolute atomic E-state index is 11.9. The summed E-state index contributed by atoms with van der Waals surface area (Å²) in [6.07, 6.45) is 1.39. The van der Waals surface area contributed by atoms with Crippen molar-refractivity contribution in [2.45, 2.75) is 18.0 Å². The van der Waals surface area contributed by atoms with E-state index in [1.165, 1.54) is 12.3 Å². The van der Waals surface area contributed by atoms with Gasteiger partial charge in [-0.3, -0.25) is 5.10 Å². The fraction of sp³-hybridized carbons (Fsp3) is 0.182. The van der Waals surface area contributed by atoms with E-state index in [-0.39, 0.29) is 11.1 Å². The van der Waals surface area contributed by atoms with Crippen LogP contribution in [0.25, 0.3) is 0 Å². The number of benzene rings is 1. The van der Waals surface area contributed by atoms with Crippen LogP contribution in [0, 0.1) is 0 Å². The van der Waals surface area contributed by atoms with E-state index in [1.807, 2.05) is 0 Å². The van der Waals surface area contributed by atoms with E-state index in [9.17, 15) is 8.42 Å². The van der Waals surface area contributed by atoms with Crippen LogP contribution in [0.1, 0.15) is 18.5 Å². The van der Waals surface area contributed by atoms with Crippen molar-refractivity contribution in [1.29, 1.82) is 0 Å². The molecule has 1 aromatic heterocycles. The summed E-state index contributed by atoms with van der Waals surface area (Å²) in [5.74, 6) is 0. The Morgan fingerprint density at radius 1 is 1.28 bits per heavy atom. The van der Waals surface area contributed by atoms with Crippen molar-refractivity contribution in [2.75, 3.05) is 5.73 Å². The molecule has 1 heterocycles. The Labute approximate surface area is 105 Å². The average molecular weight is 266 g/mol. The molecule has 0 fully saturated rings. The molecule has 0 amide bonds. The molecular formula is C11H14N4O2S. The Bertz CT molecular complexity index is 605. The van der Waals surface area contributed by atoms with Crippen molar-refractivity contribution in [3.8, 4) is 0 Å². The summed E-state index contributed by atoms with van der Waals surface area (Å²) in [5.41, 5.74) is 7.06. The maximum Gasteiger partial charge on any atom is 0.258 e. The highest BCUT2D eigenvalue weighted by Crippen LogP contribution is 2.16. The highest BCUT2D eigenvalue weighted by molar-refractivity contribution is 7.89. The minimum atomic E-state index is -3.57. The van der Waals surface area contributed by atoms with Gasteiger partial charge in [0.1, 0.15) is 0 Å². The first-order valence-corrected chi connectivity index (χ1v) is 6.84. The second-order valence-electron chi connectivity index (χ2n) is 3.93.